The van der Waals surface area contributed by atoms with Crippen molar-refractivity contribution in [3.63, 3.8) is 0 Å². The van der Waals surface area contributed by atoms with Gasteiger partial charge < -0.3 is 0 Å². The van der Waals surface area contributed by atoms with Crippen molar-refractivity contribution in [1.29, 1.82) is 0 Å². The van der Waals surface area contributed by atoms with Crippen LogP contribution in [-0.4, -0.2) is 16.9 Å². The van der Waals surface area contributed by atoms with Crippen LogP contribution >= 0.6 is 23.8 Å². The molecule has 0 radical (unpaired) electrons. The molecule has 4 nitrogen and oxygen atoms in total. The molecule has 3 rings (SSSR count). The third-order valence-electron chi connectivity index (χ3n) is 3.81. The second kappa shape index (κ2) is 7.33. The number of nitrogens with one attached hydrogen (secondary N) is 1. The molecule has 2 amide bonds. The van der Waals surface area contributed by atoms with Crippen molar-refractivity contribution in [2.24, 2.45) is 0 Å². The highest BCUT2D eigenvalue weighted by molar-refractivity contribution is 7.80. The first-order valence-electron chi connectivity index (χ1n) is 7.61. The van der Waals surface area contributed by atoms with E-state index in [0.717, 1.165) is 23.1 Å². The lowest BCUT2D eigenvalue weighted by atomic mass is 10.0. The van der Waals surface area contributed by atoms with Crippen LogP contribution in [0.1, 0.15) is 11.1 Å². The van der Waals surface area contributed by atoms with E-state index in [0.29, 0.717) is 11.1 Å². The predicted molar refractivity (Wildman–Crippen MR) is 99.1 cm³/mol. The maximum Gasteiger partial charge on any atom is 0.417 e. The first kappa shape index (κ1) is 20.0. The normalized spacial score (nSPS) is 16.5. The summed E-state index contributed by atoms with van der Waals surface area (Å²) in [7, 11) is 0. The Balaban J connectivity index is 2.09. The van der Waals surface area contributed by atoms with Gasteiger partial charge in [0.1, 0.15) is 11.4 Å². The van der Waals surface area contributed by atoms with Gasteiger partial charge in [-0.15, -0.1) is 0 Å². The fraction of sp³-hybridized carbons (Fsp3) is 0.0556. The summed E-state index contributed by atoms with van der Waals surface area (Å²) in [5, 5.41) is 2.41. The smallest absolute Gasteiger partial charge is 0.298 e. The van der Waals surface area contributed by atoms with E-state index in [-0.39, 0.29) is 10.8 Å². The lowest BCUT2D eigenvalue weighted by Crippen LogP contribution is -2.54. The second-order valence-corrected chi connectivity index (χ2v) is 6.49. The third kappa shape index (κ3) is 3.90. The molecule has 28 heavy (non-hydrogen) atoms. The van der Waals surface area contributed by atoms with E-state index in [2.05, 4.69) is 5.32 Å². The van der Waals surface area contributed by atoms with Gasteiger partial charge in [-0.3, -0.25) is 19.8 Å². The SMILES string of the molecule is O=C1NC(=S)N(c2ccc(Cl)cc2)C(=O)C1=Cc1ccc(F)cc1C(F)(F)F. The molecule has 0 atom stereocenters. The number of rotatable bonds is 2. The zero-order valence-corrected chi connectivity index (χ0v) is 15.3. The number of nitrogens with zero attached hydrogens (tertiary/aromatic N) is 1. The van der Waals surface area contributed by atoms with Crippen molar-refractivity contribution < 1.29 is 27.2 Å². The molecule has 0 saturated carbocycles. The first-order valence-corrected chi connectivity index (χ1v) is 8.40. The van der Waals surface area contributed by atoms with Crippen LogP contribution in [0.15, 0.2) is 48.0 Å². The van der Waals surface area contributed by atoms with Gasteiger partial charge in [-0.1, -0.05) is 17.7 Å². The maximum absolute atomic E-state index is 13.3. The van der Waals surface area contributed by atoms with Crippen LogP contribution < -0.4 is 10.2 Å². The number of amides is 2. The van der Waals surface area contributed by atoms with Crippen molar-refractivity contribution in [2.45, 2.75) is 6.18 Å². The molecule has 0 unspecified atom stereocenters. The summed E-state index contributed by atoms with van der Waals surface area (Å²) >= 11 is 10.8. The van der Waals surface area contributed by atoms with Gasteiger partial charge in [0.2, 0.25) is 0 Å². The number of anilines is 1. The van der Waals surface area contributed by atoms with Gasteiger partial charge in [0.15, 0.2) is 5.11 Å². The fourth-order valence-electron chi connectivity index (χ4n) is 2.54. The van der Waals surface area contributed by atoms with Crippen LogP contribution in [0.4, 0.5) is 23.2 Å². The minimum Gasteiger partial charge on any atom is -0.298 e. The van der Waals surface area contributed by atoms with Crippen molar-refractivity contribution in [3.05, 3.63) is 70.0 Å². The average Bonchev–Trinajstić information content (AvgIpc) is 2.60. The standard InChI is InChI=1S/C18H9ClF4N2O2S/c19-10-2-5-12(6-3-10)25-16(27)13(15(26)24-17(25)28)7-9-1-4-11(20)8-14(9)18(21,22)23/h1-8H,(H,24,26,28). The number of thiocarbonyl (C=S) groups is 1. The number of hydrogen-bond donors (Lipinski definition) is 1. The van der Waals surface area contributed by atoms with Crippen molar-refractivity contribution in [1.82, 2.24) is 5.32 Å². The van der Waals surface area contributed by atoms with E-state index >= 15 is 0 Å². The Morgan fingerprint density at radius 3 is 2.32 bits per heavy atom. The molecule has 144 valence electrons. The van der Waals surface area contributed by atoms with Crippen molar-refractivity contribution in [2.75, 3.05) is 4.90 Å². The Morgan fingerprint density at radius 1 is 1.07 bits per heavy atom. The van der Waals surface area contributed by atoms with Gasteiger partial charge in [-0.05, 0) is 60.3 Å². The quantitative estimate of drug-likeness (QED) is 0.335. The van der Waals surface area contributed by atoms with Gasteiger partial charge in [-0.2, -0.15) is 13.2 Å². The second-order valence-electron chi connectivity index (χ2n) is 5.66. The molecule has 1 heterocycles. The Labute approximate surface area is 166 Å². The third-order valence-corrected chi connectivity index (χ3v) is 4.34. The number of alkyl halides is 3. The molecule has 1 N–H and O–H groups in total. The van der Waals surface area contributed by atoms with E-state index in [1.54, 1.807) is 0 Å². The summed E-state index contributed by atoms with van der Waals surface area (Å²) < 4.78 is 52.9. The van der Waals surface area contributed by atoms with Gasteiger partial charge in [-0.25, -0.2) is 4.39 Å². The van der Waals surface area contributed by atoms with E-state index < -0.39 is 40.5 Å². The predicted octanol–water partition coefficient (Wildman–Crippen LogP) is 4.33. The highest BCUT2D eigenvalue weighted by Crippen LogP contribution is 2.34. The summed E-state index contributed by atoms with van der Waals surface area (Å²) in [6.07, 6.45) is -4.13. The molecule has 1 aliphatic rings. The Morgan fingerprint density at radius 2 is 1.71 bits per heavy atom. The maximum atomic E-state index is 13.3. The van der Waals surface area contributed by atoms with E-state index in [1.807, 2.05) is 0 Å². The summed E-state index contributed by atoms with van der Waals surface area (Å²) in [6.45, 7) is 0. The molecular formula is C18H9ClF4N2O2S. The molecule has 1 aliphatic heterocycles. The number of hydrogen-bond acceptors (Lipinski definition) is 3. The molecule has 2 aromatic carbocycles. The topological polar surface area (TPSA) is 49.4 Å². The minimum atomic E-state index is -4.88. The summed E-state index contributed by atoms with van der Waals surface area (Å²) in [6, 6.07) is 7.81. The fourth-order valence-corrected chi connectivity index (χ4v) is 2.94. The molecule has 0 aliphatic carbocycles. The molecule has 2 aromatic rings. The molecule has 1 fully saturated rings. The molecule has 0 aromatic heterocycles. The molecule has 1 saturated heterocycles. The van der Waals surface area contributed by atoms with Crippen molar-refractivity contribution in [3.8, 4) is 0 Å². The van der Waals surface area contributed by atoms with Gasteiger partial charge in [0.25, 0.3) is 11.8 Å². The average molecular weight is 429 g/mol. The van der Waals surface area contributed by atoms with Crippen molar-refractivity contribution >= 4 is 52.5 Å². The Kier molecular flexibility index (Phi) is 5.22. The molecule has 0 spiro atoms. The number of carbonyl (C=O) groups excluding carboxylic acids is 2. The zero-order chi connectivity index (χ0) is 20.6. The highest BCUT2D eigenvalue weighted by atomic mass is 35.5. The monoisotopic (exact) mass is 428 g/mol. The Hall–Kier alpha value is -2.78. The molecule has 0 bridgehead atoms. The van der Waals surface area contributed by atoms with Gasteiger partial charge in [0.05, 0.1) is 11.3 Å². The summed E-state index contributed by atoms with van der Waals surface area (Å²) in [4.78, 5) is 25.9. The molecular weight excluding hydrogens is 420 g/mol. The van der Waals surface area contributed by atoms with Crippen LogP contribution in [0.5, 0.6) is 0 Å². The highest BCUT2D eigenvalue weighted by Gasteiger charge is 2.37. The molecule has 10 heteroatoms. The first-order chi connectivity index (χ1) is 13.1. The Bertz CT molecular complexity index is 1020. The largest absolute Gasteiger partial charge is 0.417 e. The van der Waals surface area contributed by atoms with Crippen LogP contribution in [0.3, 0.4) is 0 Å². The lowest BCUT2D eigenvalue weighted by Gasteiger charge is -2.29. The van der Waals surface area contributed by atoms with Crippen LogP contribution in [0.2, 0.25) is 5.02 Å². The number of benzene rings is 2. The number of halogens is 5. The summed E-state index contributed by atoms with van der Waals surface area (Å²) in [5.74, 6) is -2.98. The van der Waals surface area contributed by atoms with Crippen LogP contribution in [-0.2, 0) is 15.8 Å². The summed E-state index contributed by atoms with van der Waals surface area (Å²) in [5.41, 5.74) is -2.16. The number of carbonyl (C=O) groups is 2. The van der Waals surface area contributed by atoms with Gasteiger partial charge in [0, 0.05) is 5.02 Å². The zero-order valence-electron chi connectivity index (χ0n) is 13.7. The van der Waals surface area contributed by atoms with Gasteiger partial charge >= 0.3 is 6.18 Å². The minimum absolute atomic E-state index is 0.232. The van der Waals surface area contributed by atoms with E-state index in [9.17, 15) is 27.2 Å². The van der Waals surface area contributed by atoms with E-state index in [1.165, 1.54) is 24.3 Å². The van der Waals surface area contributed by atoms with Crippen LogP contribution in [0.25, 0.3) is 6.08 Å². The van der Waals surface area contributed by atoms with Crippen LogP contribution in [0, 0.1) is 5.82 Å². The van der Waals surface area contributed by atoms with E-state index in [4.69, 9.17) is 23.8 Å². The lowest BCUT2D eigenvalue weighted by molar-refractivity contribution is -0.138.